The Labute approximate surface area is 99.9 Å². The van der Waals surface area contributed by atoms with Gasteiger partial charge >= 0.3 is 5.97 Å². The van der Waals surface area contributed by atoms with Crippen LogP contribution in [0.2, 0.25) is 0 Å². The third-order valence-electron chi connectivity index (χ3n) is 3.10. The van der Waals surface area contributed by atoms with Crippen molar-refractivity contribution in [3.8, 4) is 0 Å². The quantitative estimate of drug-likeness (QED) is 0.862. The molecule has 1 saturated carbocycles. The molecule has 4 heteroatoms. The van der Waals surface area contributed by atoms with Gasteiger partial charge in [0.1, 0.15) is 0 Å². The normalized spacial score (nSPS) is 22.0. The van der Waals surface area contributed by atoms with Crippen molar-refractivity contribution >= 4 is 11.9 Å². The van der Waals surface area contributed by atoms with Gasteiger partial charge in [0.25, 0.3) is 5.91 Å². The second-order valence-electron chi connectivity index (χ2n) is 4.61. The molecule has 2 rings (SSSR count). The van der Waals surface area contributed by atoms with E-state index < -0.39 is 5.97 Å². The van der Waals surface area contributed by atoms with Crippen molar-refractivity contribution in [1.82, 2.24) is 4.90 Å². The molecule has 0 bridgehead atoms. The van der Waals surface area contributed by atoms with E-state index in [1.54, 1.807) is 26.2 Å². The Morgan fingerprint density at radius 3 is 2.24 bits per heavy atom. The molecule has 4 nitrogen and oxygen atoms in total. The SMILES string of the molecule is CN(C)C(=O)c1ccc([C@@H]2C[C@H]2C(=O)O)cc1. The first-order valence-electron chi connectivity index (χ1n) is 5.55. The van der Waals surface area contributed by atoms with Gasteiger partial charge in [-0.05, 0) is 30.0 Å². The van der Waals surface area contributed by atoms with Crippen LogP contribution in [-0.4, -0.2) is 36.0 Å². The van der Waals surface area contributed by atoms with Crippen LogP contribution in [0.3, 0.4) is 0 Å². The van der Waals surface area contributed by atoms with Crippen LogP contribution in [-0.2, 0) is 4.79 Å². The van der Waals surface area contributed by atoms with Crippen molar-refractivity contribution in [2.75, 3.05) is 14.1 Å². The number of carboxylic acids is 1. The van der Waals surface area contributed by atoms with Crippen LogP contribution >= 0.6 is 0 Å². The summed E-state index contributed by atoms with van der Waals surface area (Å²) in [6.45, 7) is 0. The summed E-state index contributed by atoms with van der Waals surface area (Å²) in [5.74, 6) is -0.896. The molecule has 1 fully saturated rings. The fourth-order valence-electron chi connectivity index (χ4n) is 1.97. The summed E-state index contributed by atoms with van der Waals surface area (Å²) < 4.78 is 0. The minimum Gasteiger partial charge on any atom is -0.481 e. The van der Waals surface area contributed by atoms with Crippen molar-refractivity contribution in [3.05, 3.63) is 35.4 Å². The fourth-order valence-corrected chi connectivity index (χ4v) is 1.97. The molecular formula is C13H15NO3. The van der Waals surface area contributed by atoms with E-state index in [4.69, 9.17) is 5.11 Å². The first kappa shape index (κ1) is 11.6. The lowest BCUT2D eigenvalue weighted by molar-refractivity contribution is -0.138. The second kappa shape index (κ2) is 4.20. The van der Waals surface area contributed by atoms with E-state index in [-0.39, 0.29) is 17.7 Å². The Morgan fingerprint density at radius 2 is 1.82 bits per heavy atom. The zero-order valence-corrected chi connectivity index (χ0v) is 9.88. The van der Waals surface area contributed by atoms with Crippen molar-refractivity contribution in [2.24, 2.45) is 5.92 Å². The predicted molar refractivity (Wildman–Crippen MR) is 62.9 cm³/mol. The number of hydrogen-bond acceptors (Lipinski definition) is 2. The van der Waals surface area contributed by atoms with Gasteiger partial charge in [0.05, 0.1) is 5.92 Å². The third kappa shape index (κ3) is 2.30. The molecule has 1 aliphatic rings. The number of amides is 1. The van der Waals surface area contributed by atoms with E-state index in [0.29, 0.717) is 12.0 Å². The van der Waals surface area contributed by atoms with Gasteiger partial charge in [-0.1, -0.05) is 12.1 Å². The van der Waals surface area contributed by atoms with Crippen molar-refractivity contribution in [3.63, 3.8) is 0 Å². The number of nitrogens with zero attached hydrogens (tertiary/aromatic N) is 1. The van der Waals surface area contributed by atoms with Gasteiger partial charge in [-0.2, -0.15) is 0 Å². The lowest BCUT2D eigenvalue weighted by atomic mass is 10.1. The van der Waals surface area contributed by atoms with Gasteiger partial charge in [-0.25, -0.2) is 0 Å². The number of carbonyl (C=O) groups excluding carboxylic acids is 1. The topological polar surface area (TPSA) is 57.6 Å². The van der Waals surface area contributed by atoms with E-state index in [0.717, 1.165) is 5.56 Å². The molecule has 0 heterocycles. The first-order valence-corrected chi connectivity index (χ1v) is 5.55. The standard InChI is InChI=1S/C13H15NO3/c1-14(2)12(15)9-5-3-8(4-6-9)10-7-11(10)13(16)17/h3-6,10-11H,7H2,1-2H3,(H,16,17)/t10-,11+/m0/s1. The average Bonchev–Trinajstić information content (AvgIpc) is 3.08. The molecule has 1 aliphatic carbocycles. The van der Waals surface area contributed by atoms with E-state index in [1.807, 2.05) is 12.1 Å². The predicted octanol–water partition coefficient (Wildman–Crippen LogP) is 1.58. The van der Waals surface area contributed by atoms with E-state index in [1.165, 1.54) is 4.90 Å². The summed E-state index contributed by atoms with van der Waals surface area (Å²) in [4.78, 5) is 23.9. The lowest BCUT2D eigenvalue weighted by Gasteiger charge is -2.10. The number of hydrogen-bond donors (Lipinski definition) is 1. The van der Waals surface area contributed by atoms with Crippen molar-refractivity contribution < 1.29 is 14.7 Å². The van der Waals surface area contributed by atoms with Gasteiger partial charge < -0.3 is 10.0 Å². The monoisotopic (exact) mass is 233 g/mol. The summed E-state index contributed by atoms with van der Waals surface area (Å²) in [7, 11) is 3.41. The molecule has 0 radical (unpaired) electrons. The zero-order chi connectivity index (χ0) is 12.6. The molecule has 0 saturated heterocycles. The molecule has 0 spiro atoms. The maximum atomic E-state index is 11.6. The number of carboxylic acid groups (broad SMARTS) is 1. The summed E-state index contributed by atoms with van der Waals surface area (Å²) in [6, 6.07) is 7.22. The summed E-state index contributed by atoms with van der Waals surface area (Å²) in [5, 5.41) is 8.84. The molecule has 17 heavy (non-hydrogen) atoms. The Kier molecular flexibility index (Phi) is 2.88. The summed E-state index contributed by atoms with van der Waals surface area (Å²) in [6.07, 6.45) is 0.705. The van der Waals surface area contributed by atoms with Gasteiger partial charge in [0.15, 0.2) is 0 Å². The number of benzene rings is 1. The van der Waals surface area contributed by atoms with Gasteiger partial charge in [0, 0.05) is 19.7 Å². The Bertz CT molecular complexity index is 450. The van der Waals surface area contributed by atoms with Gasteiger partial charge in [-0.15, -0.1) is 0 Å². The molecule has 90 valence electrons. The summed E-state index contributed by atoms with van der Waals surface area (Å²) in [5.41, 5.74) is 1.64. The molecule has 1 aromatic rings. The van der Waals surface area contributed by atoms with Crippen LogP contribution in [0.25, 0.3) is 0 Å². The highest BCUT2D eigenvalue weighted by molar-refractivity contribution is 5.93. The van der Waals surface area contributed by atoms with E-state index >= 15 is 0 Å². The van der Waals surface area contributed by atoms with Crippen LogP contribution in [0.5, 0.6) is 0 Å². The second-order valence-corrected chi connectivity index (χ2v) is 4.61. The van der Waals surface area contributed by atoms with Crippen molar-refractivity contribution in [1.29, 1.82) is 0 Å². The molecular weight excluding hydrogens is 218 g/mol. The first-order chi connectivity index (χ1) is 8.00. The minimum atomic E-state index is -0.733. The number of rotatable bonds is 3. The Hall–Kier alpha value is -1.84. The van der Waals surface area contributed by atoms with Crippen molar-refractivity contribution in [2.45, 2.75) is 12.3 Å². The zero-order valence-electron chi connectivity index (χ0n) is 9.88. The fraction of sp³-hybridized carbons (Fsp3) is 0.385. The van der Waals surface area contributed by atoms with E-state index in [2.05, 4.69) is 0 Å². The van der Waals surface area contributed by atoms with Crippen LogP contribution in [0.15, 0.2) is 24.3 Å². The molecule has 0 unspecified atom stereocenters. The molecule has 2 atom stereocenters. The van der Waals surface area contributed by atoms with Crippen LogP contribution in [0, 0.1) is 5.92 Å². The maximum Gasteiger partial charge on any atom is 0.307 e. The molecule has 0 aromatic heterocycles. The summed E-state index contributed by atoms with van der Waals surface area (Å²) >= 11 is 0. The highest BCUT2D eigenvalue weighted by atomic mass is 16.4. The maximum absolute atomic E-state index is 11.6. The highest BCUT2D eigenvalue weighted by Crippen LogP contribution is 2.47. The van der Waals surface area contributed by atoms with E-state index in [9.17, 15) is 9.59 Å². The van der Waals surface area contributed by atoms with Crippen LogP contribution < -0.4 is 0 Å². The Balaban J connectivity index is 2.10. The number of carbonyl (C=O) groups is 2. The third-order valence-corrected chi connectivity index (χ3v) is 3.10. The lowest BCUT2D eigenvalue weighted by Crippen LogP contribution is -2.21. The van der Waals surface area contributed by atoms with Gasteiger partial charge in [-0.3, -0.25) is 9.59 Å². The smallest absolute Gasteiger partial charge is 0.307 e. The van der Waals surface area contributed by atoms with Crippen LogP contribution in [0.1, 0.15) is 28.3 Å². The molecule has 0 aliphatic heterocycles. The van der Waals surface area contributed by atoms with Gasteiger partial charge in [0.2, 0.25) is 0 Å². The molecule has 1 N–H and O–H groups in total. The van der Waals surface area contributed by atoms with Crippen LogP contribution in [0.4, 0.5) is 0 Å². The Morgan fingerprint density at radius 1 is 1.24 bits per heavy atom. The molecule has 1 amide bonds. The molecule has 1 aromatic carbocycles. The number of aliphatic carboxylic acids is 1. The largest absolute Gasteiger partial charge is 0.481 e. The average molecular weight is 233 g/mol. The minimum absolute atomic E-state index is 0.0397. The highest BCUT2D eigenvalue weighted by Gasteiger charge is 2.44.